The first-order chi connectivity index (χ1) is 19.3. The summed E-state index contributed by atoms with van der Waals surface area (Å²) in [6.07, 6.45) is 1.95. The second-order valence-corrected chi connectivity index (χ2v) is 9.74. The molecule has 1 unspecified atom stereocenters. The molecule has 0 aromatic heterocycles. The van der Waals surface area contributed by atoms with E-state index >= 15 is 0 Å². The van der Waals surface area contributed by atoms with Crippen LogP contribution in [0.3, 0.4) is 0 Å². The van der Waals surface area contributed by atoms with Crippen LogP contribution in [0.15, 0.2) is 54.4 Å². The van der Waals surface area contributed by atoms with Crippen LogP contribution in [0.5, 0.6) is 0 Å². The van der Waals surface area contributed by atoms with Gasteiger partial charge in [-0.15, -0.1) is 0 Å². The Labute approximate surface area is 238 Å². The van der Waals surface area contributed by atoms with Crippen LogP contribution in [-0.4, -0.2) is 66.0 Å². The molecule has 2 aromatic rings. The normalized spacial score (nSPS) is 14.6. The van der Waals surface area contributed by atoms with Crippen molar-refractivity contribution >= 4 is 47.2 Å². The van der Waals surface area contributed by atoms with Crippen LogP contribution in [0, 0.1) is 0 Å². The zero-order valence-electron chi connectivity index (χ0n) is 22.1. The molecule has 3 atom stereocenters. The summed E-state index contributed by atoms with van der Waals surface area (Å²) in [6.45, 7) is 1.17. The minimum absolute atomic E-state index is 0.0625. The van der Waals surface area contributed by atoms with E-state index in [9.17, 15) is 19.2 Å². The number of nitrogens with one attached hydrogen (secondary N) is 6. The smallest absolute Gasteiger partial charge is 0.405 e. The molecule has 0 radical (unpaired) electrons. The first-order valence-corrected chi connectivity index (χ1v) is 13.8. The third-order valence-electron chi connectivity index (χ3n) is 6.46. The van der Waals surface area contributed by atoms with Gasteiger partial charge in [-0.2, -0.15) is 12.6 Å². The van der Waals surface area contributed by atoms with Crippen LogP contribution < -0.4 is 37.6 Å². The molecule has 4 amide bonds. The summed E-state index contributed by atoms with van der Waals surface area (Å²) in [7, 11) is 0. The molecule has 0 fully saturated rings. The Morgan fingerprint density at radius 2 is 1.65 bits per heavy atom. The molecular formula is C27H37N7O5S. The lowest BCUT2D eigenvalue weighted by Gasteiger charge is -2.24. The topological polar surface area (TPSA) is 187 Å². The van der Waals surface area contributed by atoms with Crippen molar-refractivity contribution in [2.45, 2.75) is 50.4 Å². The number of carboxylic acid groups (broad SMARTS) is 1. The van der Waals surface area contributed by atoms with Gasteiger partial charge < -0.3 is 42.7 Å². The first-order valence-electron chi connectivity index (χ1n) is 13.1. The minimum atomic E-state index is -1.35. The Balaban J connectivity index is 1.68. The predicted molar refractivity (Wildman–Crippen MR) is 155 cm³/mol. The molecule has 1 aliphatic rings. The molecule has 2 aromatic carbocycles. The van der Waals surface area contributed by atoms with E-state index in [-0.39, 0.29) is 25.1 Å². The van der Waals surface area contributed by atoms with E-state index in [2.05, 4.69) is 44.5 Å². The van der Waals surface area contributed by atoms with Crippen molar-refractivity contribution in [3.8, 4) is 0 Å². The van der Waals surface area contributed by atoms with Gasteiger partial charge in [-0.1, -0.05) is 42.5 Å². The maximum Gasteiger partial charge on any atom is 0.405 e. The van der Waals surface area contributed by atoms with Crippen LogP contribution in [0.2, 0.25) is 0 Å². The molecular weight excluding hydrogens is 534 g/mol. The van der Waals surface area contributed by atoms with E-state index in [1.807, 2.05) is 42.5 Å². The Morgan fingerprint density at radius 3 is 2.35 bits per heavy atom. The summed E-state index contributed by atoms with van der Waals surface area (Å²) >= 11 is 4.20. The van der Waals surface area contributed by atoms with Gasteiger partial charge in [-0.3, -0.25) is 14.4 Å². The quantitative estimate of drug-likeness (QED) is 0.109. The molecule has 9 N–H and O–H groups in total. The van der Waals surface area contributed by atoms with Crippen LogP contribution in [0.25, 0.3) is 10.8 Å². The van der Waals surface area contributed by atoms with Crippen molar-refractivity contribution in [3.63, 3.8) is 0 Å². The van der Waals surface area contributed by atoms with E-state index in [1.165, 1.54) is 0 Å². The lowest BCUT2D eigenvalue weighted by Crippen LogP contribution is -2.57. The lowest BCUT2D eigenvalue weighted by atomic mass is 10.0. The van der Waals surface area contributed by atoms with Gasteiger partial charge in [0.1, 0.15) is 18.1 Å². The van der Waals surface area contributed by atoms with Gasteiger partial charge in [0.15, 0.2) is 0 Å². The SMILES string of the molecule is NCCCC[C@H](NC(=O)O)C(=O)NC(CS)C(=O)N[C@@H](CC1=CNCN1)C(=O)NCc1cccc2ccccc12. The molecule has 216 valence electrons. The average Bonchev–Trinajstić information content (AvgIpc) is 3.46. The highest BCUT2D eigenvalue weighted by Crippen LogP contribution is 2.18. The molecule has 40 heavy (non-hydrogen) atoms. The van der Waals surface area contributed by atoms with Crippen LogP contribution in [0.1, 0.15) is 31.2 Å². The molecule has 0 saturated carbocycles. The van der Waals surface area contributed by atoms with Crippen molar-refractivity contribution in [2.75, 3.05) is 19.0 Å². The number of hydrogen-bond donors (Lipinski definition) is 9. The zero-order valence-corrected chi connectivity index (χ0v) is 23.0. The average molecular weight is 572 g/mol. The maximum atomic E-state index is 13.3. The van der Waals surface area contributed by atoms with Crippen LogP contribution in [-0.2, 0) is 20.9 Å². The number of nitrogens with two attached hydrogens (primary N) is 1. The monoisotopic (exact) mass is 571 g/mol. The van der Waals surface area contributed by atoms with Crippen molar-refractivity contribution in [1.29, 1.82) is 0 Å². The summed E-state index contributed by atoms with van der Waals surface area (Å²) in [5.41, 5.74) is 7.17. The number of amides is 4. The molecule has 0 saturated heterocycles. The van der Waals surface area contributed by atoms with Gasteiger partial charge in [0.2, 0.25) is 17.7 Å². The Kier molecular flexibility index (Phi) is 11.9. The van der Waals surface area contributed by atoms with E-state index in [1.54, 1.807) is 6.20 Å². The molecule has 1 aliphatic heterocycles. The second-order valence-electron chi connectivity index (χ2n) is 9.38. The highest BCUT2D eigenvalue weighted by Gasteiger charge is 2.29. The van der Waals surface area contributed by atoms with E-state index in [0.717, 1.165) is 22.0 Å². The van der Waals surface area contributed by atoms with Crippen LogP contribution >= 0.6 is 12.6 Å². The number of benzene rings is 2. The third kappa shape index (κ3) is 9.06. The van der Waals surface area contributed by atoms with Crippen LogP contribution in [0.4, 0.5) is 4.79 Å². The lowest BCUT2D eigenvalue weighted by molar-refractivity contribution is -0.132. The Morgan fingerprint density at radius 1 is 0.925 bits per heavy atom. The highest BCUT2D eigenvalue weighted by molar-refractivity contribution is 7.80. The first kappa shape index (κ1) is 30.6. The van der Waals surface area contributed by atoms with E-state index in [4.69, 9.17) is 10.8 Å². The summed E-state index contributed by atoms with van der Waals surface area (Å²) in [5.74, 6) is -1.73. The largest absolute Gasteiger partial charge is 0.465 e. The standard InChI is InChI=1S/C27H37N7O5S/c28-11-4-3-10-21(34-27(38)39)25(36)33-23(15-40)26(37)32-22(12-19-14-29-16-31-19)24(35)30-13-18-8-5-7-17-6-1-2-9-20(17)18/h1-2,5-9,14,21-23,29,31,34,40H,3-4,10-13,15-16,28H2,(H,30,35)(H,32,37)(H,33,36)(H,38,39)/t21-,22-,23?/m0/s1. The molecule has 0 spiro atoms. The number of rotatable bonds is 15. The molecule has 0 aliphatic carbocycles. The summed E-state index contributed by atoms with van der Waals surface area (Å²) in [5, 5.41) is 27.7. The number of hydrogen-bond acceptors (Lipinski definition) is 8. The molecule has 13 heteroatoms. The fraction of sp³-hybridized carbons (Fsp3) is 0.407. The zero-order chi connectivity index (χ0) is 28.9. The fourth-order valence-corrected chi connectivity index (χ4v) is 4.61. The number of unbranched alkanes of at least 4 members (excludes halogenated alkanes) is 1. The van der Waals surface area contributed by atoms with Crippen molar-refractivity contribution in [2.24, 2.45) is 5.73 Å². The number of fused-ring (bicyclic) bond motifs is 1. The minimum Gasteiger partial charge on any atom is -0.465 e. The van der Waals surface area contributed by atoms with Crippen molar-refractivity contribution in [1.82, 2.24) is 31.9 Å². The Hall–Kier alpha value is -3.97. The Bertz CT molecular complexity index is 1220. The number of carbonyl (C=O) groups excluding carboxylic acids is 3. The molecule has 12 nitrogen and oxygen atoms in total. The fourth-order valence-electron chi connectivity index (χ4n) is 4.35. The van der Waals surface area contributed by atoms with Gasteiger partial charge in [0.05, 0.1) is 6.67 Å². The maximum absolute atomic E-state index is 13.3. The summed E-state index contributed by atoms with van der Waals surface area (Å²) in [6, 6.07) is 10.6. The predicted octanol–water partition coefficient (Wildman–Crippen LogP) is 0.502. The molecule has 0 bridgehead atoms. The second kappa shape index (κ2) is 15.6. The summed E-state index contributed by atoms with van der Waals surface area (Å²) in [4.78, 5) is 50.5. The van der Waals surface area contributed by atoms with Crippen molar-refractivity contribution in [3.05, 3.63) is 59.9 Å². The van der Waals surface area contributed by atoms with Gasteiger partial charge >= 0.3 is 6.09 Å². The molecule has 3 rings (SSSR count). The van der Waals surface area contributed by atoms with Gasteiger partial charge in [-0.05, 0) is 42.1 Å². The molecule has 1 heterocycles. The van der Waals surface area contributed by atoms with E-state index in [0.29, 0.717) is 26.1 Å². The van der Waals surface area contributed by atoms with Gasteiger partial charge in [0, 0.05) is 30.6 Å². The summed E-state index contributed by atoms with van der Waals surface area (Å²) < 4.78 is 0. The van der Waals surface area contributed by atoms with Gasteiger partial charge in [0.25, 0.3) is 0 Å². The number of thiol groups is 1. The highest BCUT2D eigenvalue weighted by atomic mass is 32.1. The number of carbonyl (C=O) groups is 4. The van der Waals surface area contributed by atoms with Crippen molar-refractivity contribution < 1.29 is 24.3 Å². The van der Waals surface area contributed by atoms with Gasteiger partial charge in [-0.25, -0.2) is 4.79 Å². The van der Waals surface area contributed by atoms with E-state index < -0.39 is 41.9 Å². The third-order valence-corrected chi connectivity index (χ3v) is 6.83.